The van der Waals surface area contributed by atoms with Crippen LogP contribution in [0.25, 0.3) is 0 Å². The first-order valence-electron chi connectivity index (χ1n) is 15.2. The lowest BCUT2D eigenvalue weighted by Crippen LogP contribution is -2.62. The van der Waals surface area contributed by atoms with Crippen molar-refractivity contribution in [3.63, 3.8) is 0 Å². The molecule has 216 valence electrons. The van der Waals surface area contributed by atoms with Gasteiger partial charge >= 0.3 is 0 Å². The highest BCUT2D eigenvalue weighted by atomic mass is 28.4. The highest BCUT2D eigenvalue weighted by Gasteiger charge is 2.68. The number of carbonyl (C=O) groups is 1. The van der Waals surface area contributed by atoms with Gasteiger partial charge in [0.1, 0.15) is 5.60 Å². The second kappa shape index (κ2) is 9.81. The minimum atomic E-state index is -1.98. The molecule has 4 aliphatic carbocycles. The van der Waals surface area contributed by atoms with E-state index in [2.05, 4.69) is 85.8 Å². The second-order valence-corrected chi connectivity index (χ2v) is 29.7. The van der Waals surface area contributed by atoms with E-state index in [1.54, 1.807) is 11.1 Å². The summed E-state index contributed by atoms with van der Waals surface area (Å²) in [4.78, 5) is 14.2. The Morgan fingerprint density at radius 1 is 0.895 bits per heavy atom. The van der Waals surface area contributed by atoms with Crippen LogP contribution in [0, 0.1) is 28.6 Å². The standard InChI is InChI=1S/C31H56O4Si3/c1-22-19-24-25(29(2)16-13-23(20-27(22)29)34-37(7,8)9)14-17-30(3)26(24)15-18-31(30,35-38(10,11)12)28(32)21-33-36(4,5)6/h20,24-26H,13-19,21H2,1-12H3/t24-,25+,26+,29-,30+,31+/m1/s1. The van der Waals surface area contributed by atoms with E-state index in [0.29, 0.717) is 17.8 Å². The number of hydrogen-bond acceptors (Lipinski definition) is 4. The molecule has 38 heavy (non-hydrogen) atoms. The van der Waals surface area contributed by atoms with Crippen molar-refractivity contribution in [2.24, 2.45) is 28.6 Å². The molecule has 2 fully saturated rings. The zero-order valence-corrected chi connectivity index (χ0v) is 29.6. The van der Waals surface area contributed by atoms with Crippen LogP contribution in [-0.2, 0) is 18.1 Å². The molecule has 0 unspecified atom stereocenters. The molecule has 0 N–H and O–H groups in total. The van der Waals surface area contributed by atoms with Crippen LogP contribution in [0.1, 0.15) is 65.7 Å². The fourth-order valence-corrected chi connectivity index (χ4v) is 11.8. The predicted molar refractivity (Wildman–Crippen MR) is 166 cm³/mol. The normalized spacial score (nSPS) is 37.8. The molecule has 4 aliphatic rings. The van der Waals surface area contributed by atoms with Crippen LogP contribution in [0.3, 0.4) is 0 Å². The molecule has 0 amide bonds. The highest BCUT2D eigenvalue weighted by molar-refractivity contribution is 6.70. The average molecular weight is 577 g/mol. The van der Waals surface area contributed by atoms with Crippen LogP contribution in [0.4, 0.5) is 0 Å². The Morgan fingerprint density at radius 2 is 1.53 bits per heavy atom. The van der Waals surface area contributed by atoms with Gasteiger partial charge in [0, 0.05) is 11.8 Å². The third kappa shape index (κ3) is 5.53. The maximum absolute atomic E-state index is 14.2. The van der Waals surface area contributed by atoms with Crippen molar-refractivity contribution in [3.05, 3.63) is 23.0 Å². The van der Waals surface area contributed by atoms with Crippen LogP contribution >= 0.6 is 0 Å². The monoisotopic (exact) mass is 576 g/mol. The van der Waals surface area contributed by atoms with E-state index in [9.17, 15) is 4.79 Å². The van der Waals surface area contributed by atoms with Gasteiger partial charge in [-0.05, 0) is 139 Å². The van der Waals surface area contributed by atoms with Crippen LogP contribution in [0.5, 0.6) is 0 Å². The minimum absolute atomic E-state index is 0.126. The number of allylic oxidation sites excluding steroid dienone is 4. The van der Waals surface area contributed by atoms with Gasteiger partial charge in [-0.25, -0.2) is 0 Å². The maximum atomic E-state index is 14.2. The molecule has 0 bridgehead atoms. The number of fused-ring (bicyclic) bond motifs is 5. The third-order valence-electron chi connectivity index (χ3n) is 10.2. The second-order valence-electron chi connectivity index (χ2n) is 16.4. The summed E-state index contributed by atoms with van der Waals surface area (Å²) in [5.74, 6) is 3.24. The molecular weight excluding hydrogens is 521 g/mol. The smallest absolute Gasteiger partial charge is 0.241 e. The van der Waals surface area contributed by atoms with Gasteiger partial charge in [-0.1, -0.05) is 19.4 Å². The van der Waals surface area contributed by atoms with E-state index in [-0.39, 0.29) is 23.2 Å². The number of ketones is 1. The van der Waals surface area contributed by atoms with E-state index in [0.717, 1.165) is 32.1 Å². The van der Waals surface area contributed by atoms with Crippen molar-refractivity contribution in [1.29, 1.82) is 0 Å². The summed E-state index contributed by atoms with van der Waals surface area (Å²) in [6, 6.07) is 0. The zero-order valence-electron chi connectivity index (χ0n) is 26.6. The van der Waals surface area contributed by atoms with Crippen LogP contribution < -0.4 is 0 Å². The van der Waals surface area contributed by atoms with E-state index >= 15 is 0 Å². The number of hydrogen-bond donors (Lipinski definition) is 0. The first kappa shape index (κ1) is 30.5. The van der Waals surface area contributed by atoms with Gasteiger partial charge in [-0.15, -0.1) is 0 Å². The van der Waals surface area contributed by atoms with Crippen molar-refractivity contribution in [2.75, 3.05) is 6.61 Å². The fraction of sp³-hybridized carbons (Fsp3) is 0.839. The van der Waals surface area contributed by atoms with Crippen molar-refractivity contribution >= 4 is 30.7 Å². The summed E-state index contributed by atoms with van der Waals surface area (Å²) in [6.45, 7) is 27.7. The fourth-order valence-electron chi connectivity index (χ4n) is 8.81. The van der Waals surface area contributed by atoms with Crippen LogP contribution in [0.15, 0.2) is 23.0 Å². The van der Waals surface area contributed by atoms with Gasteiger partial charge in [0.2, 0.25) is 8.32 Å². The van der Waals surface area contributed by atoms with E-state index in [1.165, 1.54) is 18.6 Å². The Labute approximate surface area is 236 Å². The topological polar surface area (TPSA) is 44.8 Å². The Kier molecular flexibility index (Phi) is 7.87. The lowest BCUT2D eigenvalue weighted by molar-refractivity contribution is -0.158. The number of Topliss-reactive ketones (excluding diaryl/α,β-unsaturated/α-hetero) is 1. The van der Waals surface area contributed by atoms with Crippen molar-refractivity contribution in [3.8, 4) is 0 Å². The third-order valence-corrected chi connectivity index (χ3v) is 13.0. The Hall–Kier alpha value is -0.479. The van der Waals surface area contributed by atoms with Crippen LogP contribution in [0.2, 0.25) is 58.9 Å². The minimum Gasteiger partial charge on any atom is -0.547 e. The summed E-state index contributed by atoms with van der Waals surface area (Å²) < 4.78 is 19.8. The maximum Gasteiger partial charge on any atom is 0.241 e. The summed E-state index contributed by atoms with van der Waals surface area (Å²) >= 11 is 0. The van der Waals surface area contributed by atoms with Crippen molar-refractivity contribution in [1.82, 2.24) is 0 Å². The Morgan fingerprint density at radius 3 is 2.11 bits per heavy atom. The highest BCUT2D eigenvalue weighted by Crippen LogP contribution is 2.69. The first-order chi connectivity index (χ1) is 17.2. The molecule has 0 saturated heterocycles. The van der Waals surface area contributed by atoms with E-state index < -0.39 is 30.6 Å². The summed E-state index contributed by atoms with van der Waals surface area (Å²) in [6.07, 6.45) is 10.0. The lowest BCUT2D eigenvalue weighted by atomic mass is 9.46. The van der Waals surface area contributed by atoms with Gasteiger partial charge in [0.15, 0.2) is 22.4 Å². The van der Waals surface area contributed by atoms with E-state index in [4.69, 9.17) is 13.3 Å². The Bertz CT molecular complexity index is 1010. The molecule has 4 nitrogen and oxygen atoms in total. The van der Waals surface area contributed by atoms with Crippen molar-refractivity contribution < 1.29 is 18.1 Å². The zero-order chi connectivity index (χ0) is 28.5. The molecule has 4 rings (SSSR count). The molecule has 0 spiro atoms. The SMILES string of the molecule is CC1=C2C=C(O[Si](C)(C)C)CC[C@]2(C)[C@H]2CC[C@@]3(C)[C@@H](CC[C@]3(O[Si](C)(C)C)C(=O)CO[Si](C)(C)C)[C@@H]2C1. The molecule has 7 heteroatoms. The molecule has 0 heterocycles. The number of rotatable bonds is 8. The largest absolute Gasteiger partial charge is 0.547 e. The van der Waals surface area contributed by atoms with E-state index in [1.807, 2.05) is 0 Å². The molecule has 0 aliphatic heterocycles. The lowest BCUT2D eigenvalue weighted by Gasteiger charge is -2.60. The Balaban J connectivity index is 1.69. The average Bonchev–Trinajstić information content (AvgIpc) is 3.03. The quantitative estimate of drug-likeness (QED) is 0.271. The van der Waals surface area contributed by atoms with Gasteiger partial charge < -0.3 is 13.3 Å². The number of carbonyl (C=O) groups excluding carboxylic acids is 1. The van der Waals surface area contributed by atoms with Crippen molar-refractivity contribution in [2.45, 2.75) is 130 Å². The summed E-state index contributed by atoms with van der Waals surface area (Å²) in [5, 5.41) is 0. The van der Waals surface area contributed by atoms with Gasteiger partial charge in [0.05, 0.1) is 12.4 Å². The first-order valence-corrected chi connectivity index (χ1v) is 25.4. The molecule has 2 saturated carbocycles. The summed E-state index contributed by atoms with van der Waals surface area (Å²) in [7, 11) is -5.39. The summed E-state index contributed by atoms with van der Waals surface area (Å²) in [5.41, 5.74) is 2.49. The molecule has 0 aromatic carbocycles. The molecule has 0 aromatic heterocycles. The molecule has 0 radical (unpaired) electrons. The predicted octanol–water partition coefficient (Wildman–Crippen LogP) is 8.70. The molecule has 0 aromatic rings. The van der Waals surface area contributed by atoms with Gasteiger partial charge in [0.25, 0.3) is 0 Å². The van der Waals surface area contributed by atoms with Crippen LogP contribution in [-0.4, -0.2) is 42.9 Å². The molecule has 6 atom stereocenters. The molecular formula is C31H56O4Si3. The van der Waals surface area contributed by atoms with Gasteiger partial charge in [-0.2, -0.15) is 0 Å². The van der Waals surface area contributed by atoms with Gasteiger partial charge in [-0.3, -0.25) is 4.79 Å².